The first-order valence-corrected chi connectivity index (χ1v) is 10.9. The molecule has 3 aromatic rings. The van der Waals surface area contributed by atoms with E-state index >= 15 is 0 Å². The zero-order valence-electron chi connectivity index (χ0n) is 15.9. The molecule has 1 aromatic heterocycles. The lowest BCUT2D eigenvalue weighted by Gasteiger charge is -2.16. The number of phenolic OH excluding ortho intramolecular Hbond substituents is 1. The van der Waals surface area contributed by atoms with E-state index in [1.807, 2.05) is 0 Å². The molecule has 1 aliphatic rings. The highest BCUT2D eigenvalue weighted by molar-refractivity contribution is 7.51. The summed E-state index contributed by atoms with van der Waals surface area (Å²) in [6.07, 6.45) is 0.512. The number of carbonyl (C=O) groups is 2. The standard InChI is InChI=1S/C20H17FN3O6P/c21-12-5-3-11(4-6-12)8-24-9-14-15(19(26)23-10-31(28,29)30)13-2-1-7-22-17(13)18(25)16(14)20(24)27/h1-7,25H,8-10H2,(H,23,26)(H2,28,29,30). The van der Waals surface area contributed by atoms with Gasteiger partial charge in [0, 0.05) is 30.2 Å². The van der Waals surface area contributed by atoms with Crippen LogP contribution in [0.2, 0.25) is 0 Å². The van der Waals surface area contributed by atoms with Crippen LogP contribution in [0, 0.1) is 5.82 Å². The van der Waals surface area contributed by atoms with E-state index in [1.54, 1.807) is 6.07 Å². The van der Waals surface area contributed by atoms with Crippen molar-refractivity contribution in [1.29, 1.82) is 0 Å². The number of halogens is 1. The van der Waals surface area contributed by atoms with Gasteiger partial charge in [0.25, 0.3) is 11.8 Å². The Morgan fingerprint density at radius 2 is 1.94 bits per heavy atom. The number of amides is 2. The fourth-order valence-electron chi connectivity index (χ4n) is 3.61. The molecule has 0 saturated carbocycles. The molecule has 0 aliphatic carbocycles. The first kappa shape index (κ1) is 20.9. The largest absolute Gasteiger partial charge is 0.505 e. The number of nitrogens with zero attached hydrogens (tertiary/aromatic N) is 2. The predicted octanol–water partition coefficient (Wildman–Crippen LogP) is 2.10. The van der Waals surface area contributed by atoms with Crippen LogP contribution >= 0.6 is 7.60 Å². The molecule has 31 heavy (non-hydrogen) atoms. The first-order valence-electron chi connectivity index (χ1n) is 9.14. The van der Waals surface area contributed by atoms with Gasteiger partial charge in [-0.3, -0.25) is 19.1 Å². The van der Waals surface area contributed by atoms with Gasteiger partial charge >= 0.3 is 7.60 Å². The molecule has 0 radical (unpaired) electrons. The molecule has 160 valence electrons. The summed E-state index contributed by atoms with van der Waals surface area (Å²) in [5, 5.41) is 13.1. The number of fused-ring (bicyclic) bond motifs is 2. The van der Waals surface area contributed by atoms with E-state index in [1.165, 1.54) is 41.4 Å². The minimum absolute atomic E-state index is 0.0132. The molecule has 1 aliphatic heterocycles. The first-order chi connectivity index (χ1) is 14.7. The van der Waals surface area contributed by atoms with Crippen molar-refractivity contribution in [2.45, 2.75) is 13.1 Å². The number of nitrogens with one attached hydrogen (secondary N) is 1. The fraction of sp³-hybridized carbons (Fsp3) is 0.150. The van der Waals surface area contributed by atoms with Gasteiger partial charge < -0.3 is 25.1 Å². The van der Waals surface area contributed by atoms with Crippen LogP contribution in [0.4, 0.5) is 4.39 Å². The van der Waals surface area contributed by atoms with Crippen LogP contribution < -0.4 is 5.32 Å². The Labute approximate surface area is 175 Å². The SMILES string of the molecule is O=C(NCP(=O)(O)O)c1c2c(c(O)c3ncccc13)C(=O)N(Cc1ccc(F)cc1)C2. The van der Waals surface area contributed by atoms with Crippen LogP contribution in [0.1, 0.15) is 31.8 Å². The Balaban J connectivity index is 1.79. The van der Waals surface area contributed by atoms with E-state index in [0.717, 1.165) is 0 Å². The van der Waals surface area contributed by atoms with Gasteiger partial charge in [-0.2, -0.15) is 0 Å². The Hall–Kier alpha value is -3.33. The van der Waals surface area contributed by atoms with Crippen LogP contribution in [-0.2, 0) is 17.7 Å². The van der Waals surface area contributed by atoms with Gasteiger partial charge in [0.05, 0.1) is 11.1 Å². The number of benzene rings is 2. The molecule has 4 N–H and O–H groups in total. The lowest BCUT2D eigenvalue weighted by molar-refractivity contribution is 0.0763. The monoisotopic (exact) mass is 445 g/mol. The van der Waals surface area contributed by atoms with Crippen molar-refractivity contribution in [2.75, 3.05) is 6.29 Å². The minimum Gasteiger partial charge on any atom is -0.505 e. The van der Waals surface area contributed by atoms with Gasteiger partial charge in [-0.15, -0.1) is 0 Å². The summed E-state index contributed by atoms with van der Waals surface area (Å²) in [4.78, 5) is 49.5. The molecule has 2 aromatic carbocycles. The van der Waals surface area contributed by atoms with Crippen molar-refractivity contribution < 1.29 is 33.4 Å². The number of phenols is 1. The lowest BCUT2D eigenvalue weighted by Crippen LogP contribution is -2.26. The van der Waals surface area contributed by atoms with E-state index in [4.69, 9.17) is 9.79 Å². The molecule has 2 amide bonds. The number of pyridine rings is 1. The molecule has 0 bridgehead atoms. The summed E-state index contributed by atoms with van der Waals surface area (Å²) in [5.74, 6) is -2.12. The lowest BCUT2D eigenvalue weighted by atomic mass is 9.96. The summed E-state index contributed by atoms with van der Waals surface area (Å²) in [6.45, 7) is 0.0865. The second-order valence-electron chi connectivity index (χ2n) is 7.09. The van der Waals surface area contributed by atoms with E-state index in [0.29, 0.717) is 5.56 Å². The molecular weight excluding hydrogens is 428 g/mol. The zero-order chi connectivity index (χ0) is 22.3. The number of hydrogen-bond donors (Lipinski definition) is 4. The quantitative estimate of drug-likeness (QED) is 0.441. The molecule has 4 rings (SSSR count). The average molecular weight is 445 g/mol. The van der Waals surface area contributed by atoms with Crippen molar-refractivity contribution in [3.8, 4) is 5.75 Å². The topological polar surface area (TPSA) is 140 Å². The number of rotatable bonds is 5. The van der Waals surface area contributed by atoms with E-state index < -0.39 is 31.5 Å². The van der Waals surface area contributed by atoms with Crippen LogP contribution in [0.3, 0.4) is 0 Å². The highest BCUT2D eigenvalue weighted by Crippen LogP contribution is 2.40. The smallest absolute Gasteiger partial charge is 0.344 e. The van der Waals surface area contributed by atoms with Gasteiger partial charge in [-0.25, -0.2) is 4.39 Å². The van der Waals surface area contributed by atoms with Crippen molar-refractivity contribution in [3.63, 3.8) is 0 Å². The molecule has 0 fully saturated rings. The van der Waals surface area contributed by atoms with Crippen molar-refractivity contribution in [1.82, 2.24) is 15.2 Å². The number of hydrogen-bond acceptors (Lipinski definition) is 5. The highest BCUT2D eigenvalue weighted by Gasteiger charge is 2.36. The Bertz CT molecular complexity index is 1260. The van der Waals surface area contributed by atoms with Crippen molar-refractivity contribution in [2.24, 2.45) is 0 Å². The van der Waals surface area contributed by atoms with Crippen LogP contribution in [0.5, 0.6) is 5.75 Å². The summed E-state index contributed by atoms with van der Waals surface area (Å²) in [5.41, 5.74) is 0.832. The third kappa shape index (κ3) is 4.00. The molecule has 0 atom stereocenters. The zero-order valence-corrected chi connectivity index (χ0v) is 16.8. The maximum Gasteiger partial charge on any atom is 0.344 e. The molecule has 0 unspecified atom stereocenters. The second-order valence-corrected chi connectivity index (χ2v) is 8.74. The van der Waals surface area contributed by atoms with Gasteiger partial charge in [0.2, 0.25) is 0 Å². The molecule has 2 heterocycles. The average Bonchev–Trinajstić information content (AvgIpc) is 3.04. The maximum absolute atomic E-state index is 13.2. The van der Waals surface area contributed by atoms with Gasteiger partial charge in [-0.1, -0.05) is 18.2 Å². The number of aromatic hydroxyl groups is 1. The van der Waals surface area contributed by atoms with Gasteiger partial charge in [0.1, 0.15) is 17.6 Å². The molecule has 11 heteroatoms. The normalized spacial score (nSPS) is 13.5. The third-order valence-electron chi connectivity index (χ3n) is 4.95. The van der Waals surface area contributed by atoms with Crippen molar-refractivity contribution >= 4 is 30.3 Å². The third-order valence-corrected chi connectivity index (χ3v) is 5.52. The van der Waals surface area contributed by atoms with Crippen LogP contribution in [-0.4, -0.2) is 42.9 Å². The molecular formula is C20H17FN3O6P. The number of carbonyl (C=O) groups excluding carboxylic acids is 2. The van der Waals surface area contributed by atoms with Crippen LogP contribution in [0.15, 0.2) is 42.6 Å². The second kappa shape index (κ2) is 7.73. The number of aromatic nitrogens is 1. The highest BCUT2D eigenvalue weighted by atomic mass is 31.2. The van der Waals surface area contributed by atoms with Gasteiger partial charge in [-0.05, 0) is 23.8 Å². The Kier molecular flexibility index (Phi) is 5.22. The Morgan fingerprint density at radius 1 is 1.23 bits per heavy atom. The maximum atomic E-state index is 13.2. The molecule has 9 nitrogen and oxygen atoms in total. The fourth-order valence-corrected chi connectivity index (χ4v) is 3.96. The van der Waals surface area contributed by atoms with Crippen molar-refractivity contribution in [3.05, 3.63) is 70.7 Å². The minimum atomic E-state index is -4.51. The van der Waals surface area contributed by atoms with E-state index in [9.17, 15) is 23.7 Å². The van der Waals surface area contributed by atoms with Crippen LogP contribution in [0.25, 0.3) is 10.9 Å². The molecule has 0 saturated heterocycles. The van der Waals surface area contributed by atoms with E-state index in [2.05, 4.69) is 10.3 Å². The summed E-state index contributed by atoms with van der Waals surface area (Å²) in [7, 11) is -4.51. The summed E-state index contributed by atoms with van der Waals surface area (Å²) in [6, 6.07) is 8.65. The van der Waals surface area contributed by atoms with Gasteiger partial charge in [0.15, 0.2) is 5.75 Å². The summed E-state index contributed by atoms with van der Waals surface area (Å²) >= 11 is 0. The summed E-state index contributed by atoms with van der Waals surface area (Å²) < 4.78 is 24.4. The Morgan fingerprint density at radius 3 is 2.61 bits per heavy atom. The predicted molar refractivity (Wildman–Crippen MR) is 108 cm³/mol. The molecule has 0 spiro atoms. The van der Waals surface area contributed by atoms with E-state index in [-0.39, 0.29) is 46.4 Å².